The van der Waals surface area contributed by atoms with Crippen LogP contribution in [0.15, 0.2) is 29.4 Å². The van der Waals surface area contributed by atoms with Crippen molar-refractivity contribution in [2.75, 3.05) is 19.1 Å². The SMILES string of the molecule is COc1cccc(N(C)C(=O)C(C)(C)C(N)=NO)c1. The zero-order valence-electron chi connectivity index (χ0n) is 11.5. The smallest absolute Gasteiger partial charge is 0.240 e. The summed E-state index contributed by atoms with van der Waals surface area (Å²) in [6.45, 7) is 3.20. The first-order chi connectivity index (χ1) is 8.84. The maximum absolute atomic E-state index is 12.4. The second-order valence-electron chi connectivity index (χ2n) is 4.68. The summed E-state index contributed by atoms with van der Waals surface area (Å²) >= 11 is 0. The van der Waals surface area contributed by atoms with Gasteiger partial charge in [0, 0.05) is 18.8 Å². The molecule has 6 nitrogen and oxygen atoms in total. The predicted molar refractivity (Wildman–Crippen MR) is 73.6 cm³/mol. The van der Waals surface area contributed by atoms with Crippen LogP contribution in [-0.4, -0.2) is 31.1 Å². The van der Waals surface area contributed by atoms with Crippen LogP contribution >= 0.6 is 0 Å². The molecule has 1 aromatic carbocycles. The van der Waals surface area contributed by atoms with Crippen LogP contribution in [-0.2, 0) is 4.79 Å². The van der Waals surface area contributed by atoms with E-state index < -0.39 is 5.41 Å². The van der Waals surface area contributed by atoms with Gasteiger partial charge in [0.05, 0.1) is 7.11 Å². The van der Waals surface area contributed by atoms with Gasteiger partial charge in [0.25, 0.3) is 0 Å². The second-order valence-corrected chi connectivity index (χ2v) is 4.68. The van der Waals surface area contributed by atoms with Gasteiger partial charge in [-0.05, 0) is 26.0 Å². The molecule has 0 unspecified atom stereocenters. The molecule has 104 valence electrons. The van der Waals surface area contributed by atoms with E-state index in [9.17, 15) is 4.79 Å². The van der Waals surface area contributed by atoms with Crippen molar-refractivity contribution in [1.82, 2.24) is 0 Å². The van der Waals surface area contributed by atoms with E-state index in [1.807, 2.05) is 0 Å². The summed E-state index contributed by atoms with van der Waals surface area (Å²) in [5.41, 5.74) is 5.13. The molecule has 3 N–H and O–H groups in total. The molecule has 0 spiro atoms. The van der Waals surface area contributed by atoms with Crippen LogP contribution in [0, 0.1) is 5.41 Å². The minimum atomic E-state index is -1.09. The van der Waals surface area contributed by atoms with Crippen LogP contribution in [0.2, 0.25) is 0 Å². The zero-order chi connectivity index (χ0) is 14.6. The number of carbonyl (C=O) groups excluding carboxylic acids is 1. The number of nitrogens with two attached hydrogens (primary N) is 1. The summed E-state index contributed by atoms with van der Waals surface area (Å²) in [5.74, 6) is 0.238. The molecule has 6 heteroatoms. The molecule has 0 aliphatic rings. The van der Waals surface area contributed by atoms with Gasteiger partial charge in [-0.25, -0.2) is 0 Å². The molecule has 0 saturated heterocycles. The van der Waals surface area contributed by atoms with E-state index in [4.69, 9.17) is 15.7 Å². The van der Waals surface area contributed by atoms with Crippen molar-refractivity contribution >= 4 is 17.4 Å². The molecule has 0 aromatic heterocycles. The van der Waals surface area contributed by atoms with E-state index in [2.05, 4.69) is 5.16 Å². The van der Waals surface area contributed by atoms with Gasteiger partial charge in [0.2, 0.25) is 5.91 Å². The lowest BCUT2D eigenvalue weighted by molar-refractivity contribution is -0.123. The van der Waals surface area contributed by atoms with Crippen molar-refractivity contribution in [2.45, 2.75) is 13.8 Å². The number of hydrogen-bond donors (Lipinski definition) is 2. The molecule has 0 heterocycles. The van der Waals surface area contributed by atoms with Crippen molar-refractivity contribution in [1.29, 1.82) is 0 Å². The molecular formula is C13H19N3O3. The normalized spacial score (nSPS) is 12.1. The average molecular weight is 265 g/mol. The van der Waals surface area contributed by atoms with Gasteiger partial charge < -0.3 is 20.6 Å². The Labute approximate surface area is 112 Å². The maximum Gasteiger partial charge on any atom is 0.240 e. The third kappa shape index (κ3) is 2.96. The van der Waals surface area contributed by atoms with E-state index in [0.717, 1.165) is 0 Å². The summed E-state index contributed by atoms with van der Waals surface area (Å²) in [6, 6.07) is 7.09. The minimum absolute atomic E-state index is 0.132. The molecule has 0 radical (unpaired) electrons. The van der Waals surface area contributed by atoms with Gasteiger partial charge in [0.15, 0.2) is 5.84 Å². The highest BCUT2D eigenvalue weighted by Crippen LogP contribution is 2.25. The highest BCUT2D eigenvalue weighted by molar-refractivity contribution is 6.12. The van der Waals surface area contributed by atoms with Crippen molar-refractivity contribution in [2.24, 2.45) is 16.3 Å². The number of amidine groups is 1. The Bertz CT molecular complexity index is 498. The molecular weight excluding hydrogens is 246 g/mol. The number of oxime groups is 1. The fraction of sp³-hybridized carbons (Fsp3) is 0.385. The highest BCUT2D eigenvalue weighted by atomic mass is 16.5. The van der Waals surface area contributed by atoms with Crippen LogP contribution in [0.4, 0.5) is 5.69 Å². The third-order valence-corrected chi connectivity index (χ3v) is 3.03. The van der Waals surface area contributed by atoms with E-state index in [1.165, 1.54) is 4.90 Å². The van der Waals surface area contributed by atoms with E-state index in [-0.39, 0.29) is 11.7 Å². The molecule has 1 amide bonds. The molecule has 0 bridgehead atoms. The van der Waals surface area contributed by atoms with Gasteiger partial charge in [-0.2, -0.15) is 0 Å². The van der Waals surface area contributed by atoms with E-state index in [0.29, 0.717) is 11.4 Å². The van der Waals surface area contributed by atoms with Crippen LogP contribution in [0.1, 0.15) is 13.8 Å². The maximum atomic E-state index is 12.4. The molecule has 0 atom stereocenters. The Morgan fingerprint density at radius 3 is 2.63 bits per heavy atom. The second kappa shape index (κ2) is 5.60. The molecule has 0 saturated carbocycles. The number of methoxy groups -OCH3 is 1. The Morgan fingerprint density at radius 2 is 2.11 bits per heavy atom. The van der Waals surface area contributed by atoms with Crippen LogP contribution in [0.5, 0.6) is 5.75 Å². The summed E-state index contributed by atoms with van der Waals surface area (Å²) in [6.07, 6.45) is 0. The van der Waals surface area contributed by atoms with Gasteiger partial charge in [-0.1, -0.05) is 11.2 Å². The standard InChI is InChI=1S/C13H19N3O3/c1-13(2,11(14)15-18)12(17)16(3)9-6-5-7-10(8-9)19-4/h5-8,18H,1-4H3,(H2,14,15). The van der Waals surface area contributed by atoms with Crippen molar-refractivity contribution < 1.29 is 14.7 Å². The first-order valence-electron chi connectivity index (χ1n) is 5.74. The molecule has 1 aromatic rings. The molecule has 0 aliphatic carbocycles. The number of ether oxygens (including phenoxy) is 1. The number of hydrogen-bond acceptors (Lipinski definition) is 4. The molecule has 0 fully saturated rings. The first-order valence-corrected chi connectivity index (χ1v) is 5.74. The van der Waals surface area contributed by atoms with Gasteiger partial charge >= 0.3 is 0 Å². The fourth-order valence-corrected chi connectivity index (χ4v) is 1.59. The summed E-state index contributed by atoms with van der Waals surface area (Å²) in [7, 11) is 3.19. The van der Waals surface area contributed by atoms with Gasteiger partial charge in [-0.3, -0.25) is 4.79 Å². The minimum Gasteiger partial charge on any atom is -0.497 e. The van der Waals surface area contributed by atoms with E-state index >= 15 is 0 Å². The number of nitrogens with zero attached hydrogens (tertiary/aromatic N) is 2. The van der Waals surface area contributed by atoms with Crippen LogP contribution in [0.25, 0.3) is 0 Å². The number of carbonyl (C=O) groups is 1. The number of benzene rings is 1. The Kier molecular flexibility index (Phi) is 4.37. The average Bonchev–Trinajstić information content (AvgIpc) is 2.44. The molecule has 19 heavy (non-hydrogen) atoms. The van der Waals surface area contributed by atoms with Gasteiger partial charge in [-0.15, -0.1) is 0 Å². The van der Waals surface area contributed by atoms with Crippen molar-refractivity contribution in [3.8, 4) is 5.75 Å². The Morgan fingerprint density at radius 1 is 1.47 bits per heavy atom. The summed E-state index contributed by atoms with van der Waals surface area (Å²) in [4.78, 5) is 13.8. The van der Waals surface area contributed by atoms with Crippen molar-refractivity contribution in [3.05, 3.63) is 24.3 Å². The largest absolute Gasteiger partial charge is 0.497 e. The monoisotopic (exact) mass is 265 g/mol. The highest BCUT2D eigenvalue weighted by Gasteiger charge is 2.35. The van der Waals surface area contributed by atoms with Gasteiger partial charge in [0.1, 0.15) is 11.2 Å². The lowest BCUT2D eigenvalue weighted by atomic mass is 9.90. The molecule has 1 rings (SSSR count). The molecule has 0 aliphatic heterocycles. The zero-order valence-corrected chi connectivity index (χ0v) is 11.5. The Hall–Kier alpha value is -2.24. The third-order valence-electron chi connectivity index (χ3n) is 3.03. The Balaban J connectivity index is 3.05. The number of amides is 1. The van der Waals surface area contributed by atoms with Crippen LogP contribution < -0.4 is 15.4 Å². The fourth-order valence-electron chi connectivity index (χ4n) is 1.59. The topological polar surface area (TPSA) is 88.2 Å². The van der Waals surface area contributed by atoms with E-state index in [1.54, 1.807) is 52.3 Å². The summed E-state index contributed by atoms with van der Waals surface area (Å²) < 4.78 is 5.11. The lowest BCUT2D eigenvalue weighted by Crippen LogP contribution is -2.46. The first kappa shape index (κ1) is 14.8. The number of anilines is 1. The van der Waals surface area contributed by atoms with Crippen molar-refractivity contribution in [3.63, 3.8) is 0 Å². The number of rotatable bonds is 4. The lowest BCUT2D eigenvalue weighted by Gasteiger charge is -2.28. The quantitative estimate of drug-likeness (QED) is 0.373. The summed E-state index contributed by atoms with van der Waals surface area (Å²) in [5, 5.41) is 11.6. The van der Waals surface area contributed by atoms with Crippen LogP contribution in [0.3, 0.4) is 0 Å². The predicted octanol–water partition coefficient (Wildman–Crippen LogP) is 1.43.